The van der Waals surface area contributed by atoms with Crippen LogP contribution in [0.3, 0.4) is 0 Å². The zero-order valence-electron chi connectivity index (χ0n) is 18.3. The summed E-state index contributed by atoms with van der Waals surface area (Å²) in [7, 11) is 3.30. The monoisotopic (exact) mass is 446 g/mol. The van der Waals surface area contributed by atoms with Gasteiger partial charge in [-0.3, -0.25) is 4.68 Å². The third-order valence-corrected chi connectivity index (χ3v) is 5.90. The molecule has 3 N–H and O–H groups in total. The molecule has 5 rings (SSSR count). The topological polar surface area (TPSA) is 116 Å². The highest BCUT2D eigenvalue weighted by Crippen LogP contribution is 2.36. The maximum absolute atomic E-state index is 15.0. The summed E-state index contributed by atoms with van der Waals surface area (Å²) < 4.78 is 22.1. The molecule has 10 heteroatoms. The van der Waals surface area contributed by atoms with Gasteiger partial charge in [0, 0.05) is 42.7 Å². The Morgan fingerprint density at radius 2 is 2.09 bits per heavy atom. The van der Waals surface area contributed by atoms with E-state index >= 15 is 0 Å². The molecule has 0 saturated heterocycles. The molecule has 0 unspecified atom stereocenters. The summed E-state index contributed by atoms with van der Waals surface area (Å²) in [5, 5.41) is 20.8. The van der Waals surface area contributed by atoms with Gasteiger partial charge in [0.05, 0.1) is 29.9 Å². The minimum atomic E-state index is -0.427. The lowest BCUT2D eigenvalue weighted by Crippen LogP contribution is -2.16. The predicted molar refractivity (Wildman–Crippen MR) is 123 cm³/mol. The molecule has 1 aliphatic carbocycles. The summed E-state index contributed by atoms with van der Waals surface area (Å²) >= 11 is 0. The van der Waals surface area contributed by atoms with Gasteiger partial charge >= 0.3 is 0 Å². The van der Waals surface area contributed by atoms with Crippen molar-refractivity contribution < 1.29 is 9.13 Å². The van der Waals surface area contributed by atoms with E-state index < -0.39 is 5.82 Å². The van der Waals surface area contributed by atoms with Gasteiger partial charge in [0.1, 0.15) is 29.1 Å². The van der Waals surface area contributed by atoms with Crippen LogP contribution in [0.4, 0.5) is 21.8 Å². The molecule has 33 heavy (non-hydrogen) atoms. The normalized spacial score (nSPS) is 13.9. The van der Waals surface area contributed by atoms with Gasteiger partial charge in [-0.05, 0) is 18.9 Å². The first-order valence-corrected chi connectivity index (χ1v) is 10.7. The number of benzene rings is 1. The van der Waals surface area contributed by atoms with Crippen molar-refractivity contribution in [2.75, 3.05) is 17.7 Å². The van der Waals surface area contributed by atoms with Gasteiger partial charge in [-0.25, -0.2) is 4.39 Å². The van der Waals surface area contributed by atoms with Crippen LogP contribution in [0, 0.1) is 17.1 Å². The molecule has 1 aliphatic rings. The van der Waals surface area contributed by atoms with Crippen molar-refractivity contribution in [1.29, 1.82) is 5.26 Å². The van der Waals surface area contributed by atoms with Gasteiger partial charge in [0.25, 0.3) is 0 Å². The van der Waals surface area contributed by atoms with E-state index in [0.29, 0.717) is 51.0 Å². The third-order valence-electron chi connectivity index (χ3n) is 5.90. The van der Waals surface area contributed by atoms with Crippen LogP contribution in [-0.2, 0) is 7.05 Å². The van der Waals surface area contributed by atoms with Crippen molar-refractivity contribution in [1.82, 2.24) is 24.7 Å². The number of hydrogen-bond donors (Lipinski definition) is 3. The standard InChI is InChI=1S/C23H23FN8O/c1-32-12-14(11-27-32)16-7-19(33-2)18(8-17(16)24)29-23-30-21-20(13(9-25)10-26-21)22(31-23)28-15-5-3-4-6-15/h7-8,10-12,15H,3-6H2,1-2H3,(H3,26,28,29,30,31). The smallest absolute Gasteiger partial charge is 0.231 e. The number of aryl methyl sites for hydroxylation is 1. The Hall–Kier alpha value is -4.13. The molecular formula is C23H23FN8O. The second kappa shape index (κ2) is 8.43. The zero-order chi connectivity index (χ0) is 22.9. The summed E-state index contributed by atoms with van der Waals surface area (Å²) in [5.74, 6) is 0.858. The fourth-order valence-electron chi connectivity index (χ4n) is 4.27. The molecule has 0 radical (unpaired) electrons. The van der Waals surface area contributed by atoms with E-state index in [1.807, 2.05) is 0 Å². The average Bonchev–Trinajstić information content (AvgIpc) is 3.55. The Bertz CT molecular complexity index is 1360. The van der Waals surface area contributed by atoms with Gasteiger partial charge in [-0.15, -0.1) is 0 Å². The van der Waals surface area contributed by atoms with Crippen LogP contribution in [-0.4, -0.2) is 37.9 Å². The molecule has 0 bridgehead atoms. The zero-order valence-corrected chi connectivity index (χ0v) is 18.3. The van der Waals surface area contributed by atoms with Crippen molar-refractivity contribution in [3.05, 3.63) is 42.1 Å². The third kappa shape index (κ3) is 3.93. The summed E-state index contributed by atoms with van der Waals surface area (Å²) in [6.45, 7) is 0. The van der Waals surface area contributed by atoms with Crippen LogP contribution in [0.15, 0.2) is 30.7 Å². The minimum Gasteiger partial charge on any atom is -0.495 e. The van der Waals surface area contributed by atoms with Gasteiger partial charge in [-0.1, -0.05) is 12.8 Å². The first-order chi connectivity index (χ1) is 16.1. The number of nitrogens with zero attached hydrogens (tertiary/aromatic N) is 5. The maximum atomic E-state index is 15.0. The summed E-state index contributed by atoms with van der Waals surface area (Å²) in [6, 6.07) is 5.45. The largest absolute Gasteiger partial charge is 0.495 e. The van der Waals surface area contributed by atoms with Crippen molar-refractivity contribution in [2.45, 2.75) is 31.7 Å². The van der Waals surface area contributed by atoms with Crippen molar-refractivity contribution >= 4 is 28.5 Å². The van der Waals surface area contributed by atoms with E-state index in [-0.39, 0.29) is 5.95 Å². The number of hydrogen-bond acceptors (Lipinski definition) is 7. The molecule has 0 aliphatic heterocycles. The Morgan fingerprint density at radius 3 is 2.79 bits per heavy atom. The lowest BCUT2D eigenvalue weighted by molar-refractivity contribution is 0.416. The molecule has 1 saturated carbocycles. The number of methoxy groups -OCH3 is 1. The quantitative estimate of drug-likeness (QED) is 0.400. The van der Waals surface area contributed by atoms with Crippen molar-refractivity contribution in [3.8, 4) is 22.9 Å². The Balaban J connectivity index is 1.53. The van der Waals surface area contributed by atoms with Gasteiger partial charge in [0.2, 0.25) is 5.95 Å². The highest BCUT2D eigenvalue weighted by molar-refractivity contribution is 5.94. The molecule has 0 atom stereocenters. The van der Waals surface area contributed by atoms with Crippen LogP contribution >= 0.6 is 0 Å². The molecule has 1 aromatic carbocycles. The summed E-state index contributed by atoms with van der Waals surface area (Å²) in [6.07, 6.45) is 9.38. The van der Waals surface area contributed by atoms with Crippen LogP contribution in [0.25, 0.3) is 22.2 Å². The fraction of sp³-hybridized carbons (Fsp3) is 0.304. The van der Waals surface area contributed by atoms with Crippen LogP contribution in [0.1, 0.15) is 31.2 Å². The van der Waals surface area contributed by atoms with Crippen molar-refractivity contribution in [2.24, 2.45) is 7.05 Å². The first-order valence-electron chi connectivity index (χ1n) is 10.7. The van der Waals surface area contributed by atoms with Crippen LogP contribution in [0.5, 0.6) is 5.75 Å². The molecular weight excluding hydrogens is 423 g/mol. The second-order valence-corrected chi connectivity index (χ2v) is 8.12. The highest BCUT2D eigenvalue weighted by Gasteiger charge is 2.21. The number of aromatic amines is 1. The number of anilines is 3. The second-order valence-electron chi connectivity index (χ2n) is 8.12. The Morgan fingerprint density at radius 1 is 1.27 bits per heavy atom. The molecule has 0 spiro atoms. The summed E-state index contributed by atoms with van der Waals surface area (Å²) in [5.41, 5.74) is 2.42. The molecule has 4 aromatic rings. The number of fused-ring (bicyclic) bond motifs is 1. The van der Waals surface area contributed by atoms with E-state index in [9.17, 15) is 9.65 Å². The van der Waals surface area contributed by atoms with Gasteiger partial charge in [-0.2, -0.15) is 20.3 Å². The number of halogens is 1. The van der Waals surface area contributed by atoms with Crippen LogP contribution < -0.4 is 15.4 Å². The predicted octanol–water partition coefficient (Wildman–Crippen LogP) is 4.48. The number of nitriles is 1. The first kappa shape index (κ1) is 20.8. The molecule has 1 fully saturated rings. The van der Waals surface area contributed by atoms with Crippen LogP contribution in [0.2, 0.25) is 0 Å². The number of ether oxygens (including phenoxy) is 1. The van der Waals surface area contributed by atoms with Gasteiger partial charge < -0.3 is 20.4 Å². The van der Waals surface area contributed by atoms with Crippen molar-refractivity contribution in [3.63, 3.8) is 0 Å². The minimum absolute atomic E-state index is 0.265. The van der Waals surface area contributed by atoms with E-state index in [0.717, 1.165) is 25.7 Å². The molecule has 9 nitrogen and oxygen atoms in total. The van der Waals surface area contributed by atoms with E-state index in [1.165, 1.54) is 13.2 Å². The molecule has 3 aromatic heterocycles. The SMILES string of the molecule is COc1cc(-c2cnn(C)c2)c(F)cc1Nc1nc(NC2CCCC2)c2c(C#N)c[nH]c2n1. The number of aromatic nitrogens is 5. The molecule has 3 heterocycles. The number of nitrogens with one attached hydrogen (secondary N) is 3. The van der Waals surface area contributed by atoms with E-state index in [1.54, 1.807) is 36.4 Å². The molecule has 0 amide bonds. The number of rotatable bonds is 6. The fourth-order valence-corrected chi connectivity index (χ4v) is 4.27. The summed E-state index contributed by atoms with van der Waals surface area (Å²) in [4.78, 5) is 12.2. The van der Waals surface area contributed by atoms with Gasteiger partial charge in [0.15, 0.2) is 0 Å². The Kier molecular flexibility index (Phi) is 5.30. The highest BCUT2D eigenvalue weighted by atomic mass is 19.1. The maximum Gasteiger partial charge on any atom is 0.231 e. The lowest BCUT2D eigenvalue weighted by atomic mass is 10.1. The van der Waals surface area contributed by atoms with E-state index in [2.05, 4.69) is 36.8 Å². The molecule has 168 valence electrons. The van der Waals surface area contributed by atoms with E-state index in [4.69, 9.17) is 4.74 Å². The number of H-pyrrole nitrogens is 1. The Labute approximate surface area is 189 Å². The average molecular weight is 446 g/mol. The lowest BCUT2D eigenvalue weighted by Gasteiger charge is -2.16.